The van der Waals surface area contributed by atoms with Crippen molar-refractivity contribution in [3.05, 3.63) is 123 Å². The van der Waals surface area contributed by atoms with Crippen molar-refractivity contribution in [2.45, 2.75) is 91.6 Å². The Balaban J connectivity index is 0.000000663. The number of hydrogen-bond donors (Lipinski definition) is 3. The van der Waals surface area contributed by atoms with Crippen LogP contribution in [0.1, 0.15) is 102 Å². The summed E-state index contributed by atoms with van der Waals surface area (Å²) in [6, 6.07) is 31.3. The molecule has 0 spiro atoms. The van der Waals surface area contributed by atoms with Crippen molar-refractivity contribution in [3.8, 4) is 0 Å². The van der Waals surface area contributed by atoms with Crippen molar-refractivity contribution >= 4 is 29.0 Å². The first kappa shape index (κ1) is 45.8. The molecule has 3 aliphatic rings. The first-order valence-electron chi connectivity index (χ1n) is 16.5. The van der Waals surface area contributed by atoms with Gasteiger partial charge >= 0.3 is 29.0 Å². The van der Waals surface area contributed by atoms with Crippen LogP contribution in [0.15, 0.2) is 91.0 Å². The molecule has 0 amide bonds. The fraction of sp³-hybridized carbons (Fsp3) is 0.500. The topological polar surface area (TPSA) is 109 Å². The van der Waals surface area contributed by atoms with Gasteiger partial charge in [0.05, 0.1) is 11.5 Å². The second-order valence-corrected chi connectivity index (χ2v) is 14.7. The van der Waals surface area contributed by atoms with Gasteiger partial charge in [0.2, 0.25) is 0 Å². The van der Waals surface area contributed by atoms with E-state index in [-0.39, 0.29) is 66.2 Å². The fourth-order valence-electron chi connectivity index (χ4n) is 7.39. The van der Waals surface area contributed by atoms with Crippen LogP contribution >= 0.6 is 0 Å². The van der Waals surface area contributed by atoms with Crippen LogP contribution in [-0.4, -0.2) is 62.5 Å². The van der Waals surface area contributed by atoms with Gasteiger partial charge in [0.25, 0.3) is 0 Å². The van der Waals surface area contributed by atoms with Gasteiger partial charge in [-0.15, -0.1) is 0 Å². The Labute approximate surface area is 308 Å². The fourth-order valence-corrected chi connectivity index (χ4v) is 7.39. The molecule has 5 N–H and O–H groups in total. The Kier molecular flexibility index (Phi) is 17.8. The molecule has 3 aliphatic carbocycles. The number of aliphatic carboxylic acids is 1. The Bertz CT molecular complexity index is 1350. The summed E-state index contributed by atoms with van der Waals surface area (Å²) in [6.45, 7) is 15.1. The molecule has 1 unspecified atom stereocenters. The number of carboxylic acids is 1. The van der Waals surface area contributed by atoms with E-state index in [9.17, 15) is 15.0 Å². The molecule has 3 fully saturated rings. The zero-order valence-corrected chi connectivity index (χ0v) is 32.4. The van der Waals surface area contributed by atoms with Crippen LogP contribution in [0.5, 0.6) is 0 Å². The number of aliphatic hydroxyl groups is 2. The second kappa shape index (κ2) is 18.7. The molecule has 262 valence electrons. The van der Waals surface area contributed by atoms with Crippen LogP contribution in [0.25, 0.3) is 0 Å². The number of carbonyl (C=O) groups is 1. The maximum Gasteiger partial charge on any atom is 2.00 e. The zero-order chi connectivity index (χ0) is 32.3. The predicted molar refractivity (Wildman–Crippen MR) is 202 cm³/mol. The maximum atomic E-state index is 11.0. The average molecular weight is 671 g/mol. The molecule has 6 rings (SSSR count). The van der Waals surface area contributed by atoms with Crippen LogP contribution < -0.4 is 0 Å². The smallest absolute Gasteiger partial charge is 0.481 e. The second-order valence-electron chi connectivity index (χ2n) is 14.7. The first-order chi connectivity index (χ1) is 20.8. The molecular formula is C42H62MgO5. The summed E-state index contributed by atoms with van der Waals surface area (Å²) in [5.74, 6) is 2.41. The minimum atomic E-state index is -0.657. The van der Waals surface area contributed by atoms with Gasteiger partial charge in [0, 0.05) is 6.61 Å². The van der Waals surface area contributed by atoms with Gasteiger partial charge in [-0.05, 0) is 96.1 Å². The number of aliphatic hydroxyl groups excluding tert-OH is 2. The third-order valence-electron chi connectivity index (χ3n) is 11.7. The van der Waals surface area contributed by atoms with E-state index in [2.05, 4.69) is 101 Å². The summed E-state index contributed by atoms with van der Waals surface area (Å²) >= 11 is 0. The van der Waals surface area contributed by atoms with Crippen LogP contribution in [0.4, 0.5) is 0 Å². The molecule has 5 nitrogen and oxygen atoms in total. The average Bonchev–Trinajstić information content (AvgIpc) is 4.00. The van der Waals surface area contributed by atoms with E-state index in [1.54, 1.807) is 0 Å². The molecule has 0 aromatic heterocycles. The SMILES string of the molecule is CC(O)[C@@]1(C)C[C@H]1[C@@H](C)c1ccccc1.C[C@@H](c1ccccc1)[C@@H]1C[C@]1(C)C(=O)O.C[C@@H](c1ccccc1)[C@@H]1C[C@]1(C)CO.O.[CH3-].[CH3-].[Mg+2]. The zero-order valence-electron chi connectivity index (χ0n) is 31.0. The summed E-state index contributed by atoms with van der Waals surface area (Å²) in [7, 11) is 0. The molecule has 3 aromatic rings. The number of benzene rings is 3. The monoisotopic (exact) mass is 670 g/mol. The summed E-state index contributed by atoms with van der Waals surface area (Å²) in [4.78, 5) is 11.0. The van der Waals surface area contributed by atoms with Gasteiger partial charge in [-0.3, -0.25) is 4.79 Å². The molecule has 0 saturated heterocycles. The Hall–Kier alpha value is -2.22. The van der Waals surface area contributed by atoms with Crippen LogP contribution in [0.2, 0.25) is 0 Å². The van der Waals surface area contributed by atoms with E-state index in [0.29, 0.717) is 36.2 Å². The Morgan fingerprint density at radius 3 is 1.29 bits per heavy atom. The Morgan fingerprint density at radius 1 is 0.667 bits per heavy atom. The van der Waals surface area contributed by atoms with Crippen molar-refractivity contribution in [1.82, 2.24) is 0 Å². The minimum Gasteiger partial charge on any atom is -0.481 e. The van der Waals surface area contributed by atoms with Gasteiger partial charge in [-0.25, -0.2) is 0 Å². The van der Waals surface area contributed by atoms with Gasteiger partial charge < -0.3 is 35.6 Å². The summed E-state index contributed by atoms with van der Waals surface area (Å²) in [5, 5.41) is 28.0. The van der Waals surface area contributed by atoms with Gasteiger partial charge in [-0.2, -0.15) is 0 Å². The molecule has 0 radical (unpaired) electrons. The maximum absolute atomic E-state index is 11.0. The Morgan fingerprint density at radius 2 is 1.02 bits per heavy atom. The normalized spacial score (nSPS) is 29.6. The van der Waals surface area contributed by atoms with Crippen LogP contribution in [0.3, 0.4) is 0 Å². The van der Waals surface area contributed by atoms with E-state index in [4.69, 9.17) is 5.11 Å². The van der Waals surface area contributed by atoms with Crippen molar-refractivity contribution < 1.29 is 25.6 Å². The molecule has 0 bridgehead atoms. The number of carboxylic acid groups (broad SMARTS) is 1. The standard InChI is InChI=1S/C14H20O.C13H16O2.C13H18O.2CH3.Mg.H2O/c1-10(12-7-5-4-6-8-12)13-9-14(13,3)11(2)15;1-9(10-6-4-3-5-7-10)11-8-13(11,2)12(14)15;1-10(11-6-4-3-5-7-11)12-8-13(12,2)9-14;;;;/h4-8,10-11,13,15H,9H2,1-3H3;3-7,9,11H,8H2,1-2H3,(H,14,15);3-7,10,12,14H,8-9H2,1-2H3;2*1H3;;1H2/q;;;2*-1;+2;/t10-,11?,13-,14+;9-,11-,13-;10-,12-,13+;;;;/m000..../s1. The third kappa shape index (κ3) is 10.4. The van der Waals surface area contributed by atoms with E-state index >= 15 is 0 Å². The van der Waals surface area contributed by atoms with Crippen molar-refractivity contribution in [2.24, 2.45) is 34.0 Å². The van der Waals surface area contributed by atoms with E-state index in [1.165, 1.54) is 23.1 Å². The quantitative estimate of drug-likeness (QED) is 0.156. The minimum absolute atomic E-state index is 0. The third-order valence-corrected chi connectivity index (χ3v) is 11.7. The molecule has 6 heteroatoms. The van der Waals surface area contributed by atoms with Crippen LogP contribution in [-0.2, 0) is 4.79 Å². The number of hydrogen-bond acceptors (Lipinski definition) is 3. The largest absolute Gasteiger partial charge is 2.00 e. The summed E-state index contributed by atoms with van der Waals surface area (Å²) < 4.78 is 0. The van der Waals surface area contributed by atoms with E-state index < -0.39 is 11.4 Å². The predicted octanol–water partition coefficient (Wildman–Crippen LogP) is 8.60. The molecular weight excluding hydrogens is 609 g/mol. The molecule has 0 aliphatic heterocycles. The van der Waals surface area contributed by atoms with Gasteiger partial charge in [0.1, 0.15) is 0 Å². The van der Waals surface area contributed by atoms with Crippen molar-refractivity contribution in [1.29, 1.82) is 0 Å². The molecule has 3 saturated carbocycles. The van der Waals surface area contributed by atoms with Gasteiger partial charge in [-0.1, -0.05) is 126 Å². The molecule has 0 heterocycles. The summed E-state index contributed by atoms with van der Waals surface area (Å²) in [5.41, 5.74) is 3.88. The van der Waals surface area contributed by atoms with Gasteiger partial charge in [0.15, 0.2) is 0 Å². The summed E-state index contributed by atoms with van der Waals surface area (Å²) in [6.07, 6.45) is 2.94. The van der Waals surface area contributed by atoms with E-state index in [0.717, 1.165) is 12.8 Å². The molecule has 10 atom stereocenters. The van der Waals surface area contributed by atoms with Crippen molar-refractivity contribution in [3.63, 3.8) is 0 Å². The van der Waals surface area contributed by atoms with Crippen LogP contribution in [0, 0.1) is 48.9 Å². The van der Waals surface area contributed by atoms with Crippen molar-refractivity contribution in [2.75, 3.05) is 6.61 Å². The number of rotatable bonds is 9. The van der Waals surface area contributed by atoms with E-state index in [1.807, 2.05) is 38.1 Å². The first-order valence-corrected chi connectivity index (χ1v) is 16.5. The molecule has 3 aromatic carbocycles. The molecule has 48 heavy (non-hydrogen) atoms.